The molecule has 0 unspecified atom stereocenters. The summed E-state index contributed by atoms with van der Waals surface area (Å²) in [4.78, 5) is 7.78. The van der Waals surface area contributed by atoms with Crippen LogP contribution in [0.25, 0.3) is 0 Å². The lowest BCUT2D eigenvalue weighted by Crippen LogP contribution is -2.43. The zero-order valence-corrected chi connectivity index (χ0v) is 12.7. The first-order chi connectivity index (χ1) is 10.1. The molecule has 1 aliphatic carbocycles. The number of hydrogen-bond donors (Lipinski definition) is 2. The Morgan fingerprint density at radius 1 is 1.14 bits per heavy atom. The molecule has 3 rings (SSSR count). The number of aromatic nitrogens is 2. The third-order valence-electron chi connectivity index (χ3n) is 3.97. The largest absolute Gasteiger partial charge is 0.314 e. The molecule has 1 saturated heterocycles. The maximum Gasteiger partial charge on any atom is 0.303 e. The second-order valence-corrected chi connectivity index (χ2v) is 7.38. The van der Waals surface area contributed by atoms with Crippen molar-refractivity contribution in [1.82, 2.24) is 19.6 Å². The van der Waals surface area contributed by atoms with Crippen molar-refractivity contribution in [3.8, 4) is 0 Å². The Balaban J connectivity index is 1.50. The average Bonchev–Trinajstić information content (AvgIpc) is 3.30. The van der Waals surface area contributed by atoms with E-state index in [1.165, 1.54) is 29.5 Å². The van der Waals surface area contributed by atoms with E-state index in [-0.39, 0.29) is 5.95 Å². The smallest absolute Gasteiger partial charge is 0.303 e. The molecule has 21 heavy (non-hydrogen) atoms. The molecule has 0 atom stereocenters. The quantitative estimate of drug-likeness (QED) is 0.803. The van der Waals surface area contributed by atoms with Crippen LogP contribution in [0.1, 0.15) is 25.7 Å². The molecule has 2 heterocycles. The minimum atomic E-state index is -3.54. The van der Waals surface area contributed by atoms with Gasteiger partial charge in [-0.15, -0.1) is 0 Å². The first-order valence-electron chi connectivity index (χ1n) is 7.42. The van der Waals surface area contributed by atoms with Gasteiger partial charge in [0.2, 0.25) is 5.95 Å². The molecule has 0 bridgehead atoms. The molecule has 1 saturated carbocycles. The second kappa shape index (κ2) is 6.25. The van der Waals surface area contributed by atoms with E-state index in [0.717, 1.165) is 19.4 Å². The molecular formula is C13H21N5O2S. The minimum Gasteiger partial charge on any atom is -0.314 e. The van der Waals surface area contributed by atoms with Gasteiger partial charge in [0.1, 0.15) is 0 Å². The van der Waals surface area contributed by atoms with Crippen molar-refractivity contribution < 1.29 is 8.42 Å². The highest BCUT2D eigenvalue weighted by Gasteiger charge is 2.29. The fourth-order valence-corrected chi connectivity index (χ4v) is 3.66. The molecular weight excluding hydrogens is 290 g/mol. The van der Waals surface area contributed by atoms with Crippen LogP contribution in [0.5, 0.6) is 0 Å². The SMILES string of the molecule is O=S(=O)(Nc1ncccn1)N1CCC(CNC2CC2)CC1. The summed E-state index contributed by atoms with van der Waals surface area (Å²) < 4.78 is 28.4. The Kier molecular flexibility index (Phi) is 4.37. The summed E-state index contributed by atoms with van der Waals surface area (Å²) in [6.07, 6.45) is 7.40. The molecule has 2 aliphatic rings. The van der Waals surface area contributed by atoms with Gasteiger partial charge in [-0.1, -0.05) is 0 Å². The summed E-state index contributed by atoms with van der Waals surface area (Å²) in [5, 5.41) is 3.52. The highest BCUT2D eigenvalue weighted by atomic mass is 32.2. The van der Waals surface area contributed by atoms with Gasteiger partial charge in [-0.05, 0) is 44.2 Å². The van der Waals surface area contributed by atoms with E-state index < -0.39 is 10.2 Å². The molecule has 1 aromatic rings. The van der Waals surface area contributed by atoms with Gasteiger partial charge in [0.15, 0.2) is 0 Å². The van der Waals surface area contributed by atoms with Crippen molar-refractivity contribution in [2.24, 2.45) is 5.92 Å². The zero-order valence-electron chi connectivity index (χ0n) is 11.9. The maximum absolute atomic E-state index is 12.3. The summed E-state index contributed by atoms with van der Waals surface area (Å²) >= 11 is 0. The van der Waals surface area contributed by atoms with Crippen LogP contribution >= 0.6 is 0 Å². The maximum atomic E-state index is 12.3. The summed E-state index contributed by atoms with van der Waals surface area (Å²) in [5.74, 6) is 0.694. The highest BCUT2D eigenvalue weighted by Crippen LogP contribution is 2.23. The summed E-state index contributed by atoms with van der Waals surface area (Å²) in [7, 11) is -3.54. The molecule has 0 spiro atoms. The van der Waals surface area contributed by atoms with E-state index in [1.54, 1.807) is 6.07 Å². The Morgan fingerprint density at radius 2 is 1.81 bits per heavy atom. The Bertz CT molecular complexity index is 553. The Hall–Kier alpha value is -1.25. The average molecular weight is 311 g/mol. The minimum absolute atomic E-state index is 0.120. The van der Waals surface area contributed by atoms with E-state index in [4.69, 9.17) is 0 Å². The predicted octanol–water partition coefficient (Wildman–Crippen LogP) is 0.597. The molecule has 7 nitrogen and oxygen atoms in total. The summed E-state index contributed by atoms with van der Waals surface area (Å²) in [5.41, 5.74) is 0. The third-order valence-corrected chi connectivity index (χ3v) is 5.46. The number of anilines is 1. The van der Waals surface area contributed by atoms with Crippen LogP contribution in [-0.4, -0.2) is 48.4 Å². The number of rotatable bonds is 6. The van der Waals surface area contributed by atoms with E-state index in [1.807, 2.05) is 0 Å². The lowest BCUT2D eigenvalue weighted by atomic mass is 9.98. The molecule has 0 aromatic carbocycles. The van der Waals surface area contributed by atoms with Gasteiger partial charge in [0.05, 0.1) is 0 Å². The number of piperidine rings is 1. The lowest BCUT2D eigenvalue weighted by molar-refractivity contribution is 0.268. The van der Waals surface area contributed by atoms with E-state index >= 15 is 0 Å². The molecule has 116 valence electrons. The van der Waals surface area contributed by atoms with E-state index in [2.05, 4.69) is 20.0 Å². The van der Waals surface area contributed by atoms with Crippen LogP contribution in [0, 0.1) is 5.92 Å². The standard InChI is InChI=1S/C13H21N5O2S/c19-21(20,17-13-14-6-1-7-15-13)18-8-4-11(5-9-18)10-16-12-2-3-12/h1,6-7,11-12,16H,2-5,8-10H2,(H,14,15,17). The Labute approximate surface area is 125 Å². The number of nitrogens with zero attached hydrogens (tertiary/aromatic N) is 3. The molecule has 2 fully saturated rings. The van der Waals surface area contributed by atoms with Crippen LogP contribution in [0.3, 0.4) is 0 Å². The molecule has 0 amide bonds. The van der Waals surface area contributed by atoms with Crippen molar-refractivity contribution in [1.29, 1.82) is 0 Å². The van der Waals surface area contributed by atoms with Crippen LogP contribution in [-0.2, 0) is 10.2 Å². The van der Waals surface area contributed by atoms with Crippen molar-refractivity contribution in [2.45, 2.75) is 31.7 Å². The zero-order chi connectivity index (χ0) is 14.7. The van der Waals surface area contributed by atoms with Crippen LogP contribution in [0.2, 0.25) is 0 Å². The second-order valence-electron chi connectivity index (χ2n) is 5.70. The van der Waals surface area contributed by atoms with Crippen molar-refractivity contribution >= 4 is 16.2 Å². The molecule has 0 radical (unpaired) electrons. The topological polar surface area (TPSA) is 87.2 Å². The Morgan fingerprint density at radius 3 is 2.43 bits per heavy atom. The van der Waals surface area contributed by atoms with Gasteiger partial charge in [-0.3, -0.25) is 0 Å². The predicted molar refractivity (Wildman–Crippen MR) is 79.9 cm³/mol. The number of hydrogen-bond acceptors (Lipinski definition) is 5. The van der Waals surface area contributed by atoms with Gasteiger partial charge >= 0.3 is 10.2 Å². The van der Waals surface area contributed by atoms with Crippen LogP contribution in [0.4, 0.5) is 5.95 Å². The third kappa shape index (κ3) is 4.12. The van der Waals surface area contributed by atoms with Gasteiger partial charge in [-0.2, -0.15) is 12.7 Å². The molecule has 8 heteroatoms. The van der Waals surface area contributed by atoms with Crippen LogP contribution in [0.15, 0.2) is 18.5 Å². The van der Waals surface area contributed by atoms with E-state index in [0.29, 0.717) is 25.0 Å². The normalized spacial score (nSPS) is 21.3. The van der Waals surface area contributed by atoms with Gasteiger partial charge in [0.25, 0.3) is 0 Å². The van der Waals surface area contributed by atoms with Gasteiger partial charge in [-0.25, -0.2) is 14.7 Å². The summed E-state index contributed by atoms with van der Waals surface area (Å²) in [6, 6.07) is 2.36. The van der Waals surface area contributed by atoms with Gasteiger partial charge in [0, 0.05) is 31.5 Å². The fraction of sp³-hybridized carbons (Fsp3) is 0.692. The monoisotopic (exact) mass is 311 g/mol. The van der Waals surface area contributed by atoms with Crippen molar-refractivity contribution in [3.63, 3.8) is 0 Å². The lowest BCUT2D eigenvalue weighted by Gasteiger charge is -2.31. The van der Waals surface area contributed by atoms with Crippen molar-refractivity contribution in [2.75, 3.05) is 24.4 Å². The first-order valence-corrected chi connectivity index (χ1v) is 8.86. The van der Waals surface area contributed by atoms with Gasteiger partial charge < -0.3 is 5.32 Å². The summed E-state index contributed by atoms with van der Waals surface area (Å²) in [6.45, 7) is 2.12. The number of nitrogens with one attached hydrogen (secondary N) is 2. The molecule has 1 aliphatic heterocycles. The van der Waals surface area contributed by atoms with Crippen molar-refractivity contribution in [3.05, 3.63) is 18.5 Å². The first kappa shape index (κ1) is 14.7. The molecule has 1 aromatic heterocycles. The highest BCUT2D eigenvalue weighted by molar-refractivity contribution is 7.90. The fourth-order valence-electron chi connectivity index (χ4n) is 2.51. The van der Waals surface area contributed by atoms with E-state index in [9.17, 15) is 8.42 Å². The van der Waals surface area contributed by atoms with Crippen LogP contribution < -0.4 is 10.0 Å². The molecule has 2 N–H and O–H groups in total.